The minimum atomic E-state index is -0.656. The van der Waals surface area contributed by atoms with Gasteiger partial charge in [0.05, 0.1) is 20.3 Å². The number of aromatic nitrogens is 1. The highest BCUT2D eigenvalue weighted by molar-refractivity contribution is 5.44. The Morgan fingerprint density at radius 2 is 1.95 bits per heavy atom. The predicted octanol–water partition coefficient (Wildman–Crippen LogP) is 2.24. The topological polar surface area (TPSA) is 63.6 Å². The molecule has 1 unspecified atom stereocenters. The summed E-state index contributed by atoms with van der Waals surface area (Å²) in [7, 11) is 3.15. The van der Waals surface area contributed by atoms with Gasteiger partial charge in [-0.25, -0.2) is 4.98 Å². The van der Waals surface area contributed by atoms with Crippen molar-refractivity contribution in [2.45, 2.75) is 6.10 Å². The number of ether oxygens (including phenoxy) is 2. The Hall–Kier alpha value is -2.27. The zero-order chi connectivity index (χ0) is 14.4. The van der Waals surface area contributed by atoms with Crippen LogP contribution < -0.4 is 14.8 Å². The van der Waals surface area contributed by atoms with Gasteiger partial charge in [-0.15, -0.1) is 0 Å². The van der Waals surface area contributed by atoms with Crippen LogP contribution in [0.15, 0.2) is 42.6 Å². The van der Waals surface area contributed by atoms with Crippen molar-refractivity contribution in [1.29, 1.82) is 0 Å². The molecule has 1 atom stereocenters. The van der Waals surface area contributed by atoms with E-state index in [1.807, 2.05) is 24.3 Å². The summed E-state index contributed by atoms with van der Waals surface area (Å²) in [6, 6.07) is 10.9. The van der Waals surface area contributed by atoms with E-state index in [4.69, 9.17) is 9.47 Å². The Bertz CT molecular complexity index is 546. The van der Waals surface area contributed by atoms with Crippen LogP contribution in [0.1, 0.15) is 11.7 Å². The molecule has 0 saturated carbocycles. The van der Waals surface area contributed by atoms with Crippen molar-refractivity contribution in [3.63, 3.8) is 0 Å². The van der Waals surface area contributed by atoms with Crippen molar-refractivity contribution < 1.29 is 14.6 Å². The fourth-order valence-corrected chi connectivity index (χ4v) is 1.85. The monoisotopic (exact) mass is 274 g/mol. The lowest BCUT2D eigenvalue weighted by molar-refractivity contribution is 0.191. The van der Waals surface area contributed by atoms with Gasteiger partial charge in [-0.3, -0.25) is 0 Å². The van der Waals surface area contributed by atoms with Crippen LogP contribution in [0.4, 0.5) is 5.82 Å². The predicted molar refractivity (Wildman–Crippen MR) is 77.2 cm³/mol. The molecule has 0 radical (unpaired) electrons. The lowest BCUT2D eigenvalue weighted by Crippen LogP contribution is -2.13. The van der Waals surface area contributed by atoms with Crippen LogP contribution in [-0.4, -0.2) is 30.9 Å². The molecule has 0 bridgehead atoms. The molecule has 1 aromatic carbocycles. The van der Waals surface area contributed by atoms with Gasteiger partial charge in [-0.2, -0.15) is 0 Å². The Morgan fingerprint density at radius 1 is 1.15 bits per heavy atom. The molecule has 0 aliphatic carbocycles. The average molecular weight is 274 g/mol. The first-order valence-electron chi connectivity index (χ1n) is 6.29. The van der Waals surface area contributed by atoms with Crippen molar-refractivity contribution in [2.75, 3.05) is 26.1 Å². The first-order chi connectivity index (χ1) is 9.74. The number of pyridine rings is 1. The number of rotatable bonds is 6. The molecule has 0 fully saturated rings. The van der Waals surface area contributed by atoms with Gasteiger partial charge in [-0.1, -0.05) is 12.1 Å². The molecular formula is C15H18N2O3. The van der Waals surface area contributed by atoms with Crippen LogP contribution in [0.2, 0.25) is 0 Å². The summed E-state index contributed by atoms with van der Waals surface area (Å²) in [5, 5.41) is 13.3. The first-order valence-corrected chi connectivity index (χ1v) is 6.29. The minimum Gasteiger partial charge on any atom is -0.493 e. The summed E-state index contributed by atoms with van der Waals surface area (Å²) in [6.45, 7) is 0.368. The molecule has 2 N–H and O–H groups in total. The second kappa shape index (κ2) is 6.77. The fourth-order valence-electron chi connectivity index (χ4n) is 1.85. The molecule has 20 heavy (non-hydrogen) atoms. The van der Waals surface area contributed by atoms with E-state index in [0.29, 0.717) is 18.0 Å². The molecule has 5 heteroatoms. The minimum absolute atomic E-state index is 0.368. The number of nitrogens with one attached hydrogen (secondary N) is 1. The molecule has 0 amide bonds. The molecule has 0 saturated heterocycles. The average Bonchev–Trinajstić information content (AvgIpc) is 2.52. The van der Waals surface area contributed by atoms with Gasteiger partial charge in [0.25, 0.3) is 0 Å². The van der Waals surface area contributed by atoms with E-state index >= 15 is 0 Å². The molecule has 2 aromatic rings. The van der Waals surface area contributed by atoms with Gasteiger partial charge in [0.15, 0.2) is 11.5 Å². The largest absolute Gasteiger partial charge is 0.493 e. The van der Waals surface area contributed by atoms with Gasteiger partial charge in [0, 0.05) is 12.7 Å². The summed E-state index contributed by atoms with van der Waals surface area (Å²) in [5.41, 5.74) is 0.756. The van der Waals surface area contributed by atoms with E-state index in [0.717, 1.165) is 11.4 Å². The van der Waals surface area contributed by atoms with Gasteiger partial charge in [-0.05, 0) is 29.8 Å². The number of anilines is 1. The van der Waals surface area contributed by atoms with Crippen molar-refractivity contribution in [1.82, 2.24) is 4.98 Å². The zero-order valence-electron chi connectivity index (χ0n) is 11.5. The normalized spacial score (nSPS) is 11.8. The quantitative estimate of drug-likeness (QED) is 0.846. The van der Waals surface area contributed by atoms with Crippen molar-refractivity contribution in [3.8, 4) is 11.5 Å². The number of methoxy groups -OCH3 is 2. The number of benzene rings is 1. The Kier molecular flexibility index (Phi) is 4.79. The van der Waals surface area contributed by atoms with Gasteiger partial charge in [0.2, 0.25) is 0 Å². The summed E-state index contributed by atoms with van der Waals surface area (Å²) < 4.78 is 10.4. The van der Waals surface area contributed by atoms with E-state index in [-0.39, 0.29) is 0 Å². The van der Waals surface area contributed by atoms with Crippen LogP contribution in [-0.2, 0) is 0 Å². The zero-order valence-corrected chi connectivity index (χ0v) is 11.5. The number of aliphatic hydroxyl groups excluding tert-OH is 1. The highest BCUT2D eigenvalue weighted by Gasteiger charge is 2.11. The number of aliphatic hydroxyl groups is 1. The maximum Gasteiger partial charge on any atom is 0.161 e. The fraction of sp³-hybridized carbons (Fsp3) is 0.267. The summed E-state index contributed by atoms with van der Waals surface area (Å²) in [5.74, 6) is 1.97. The third-order valence-corrected chi connectivity index (χ3v) is 2.93. The van der Waals surface area contributed by atoms with Crippen molar-refractivity contribution in [3.05, 3.63) is 48.2 Å². The highest BCUT2D eigenvalue weighted by Crippen LogP contribution is 2.29. The van der Waals surface area contributed by atoms with E-state index in [9.17, 15) is 5.11 Å². The van der Waals surface area contributed by atoms with Gasteiger partial charge < -0.3 is 19.9 Å². The van der Waals surface area contributed by atoms with E-state index in [2.05, 4.69) is 10.3 Å². The molecule has 1 heterocycles. The molecular weight excluding hydrogens is 256 g/mol. The second-order valence-corrected chi connectivity index (χ2v) is 4.23. The third kappa shape index (κ3) is 3.39. The molecule has 106 valence electrons. The Morgan fingerprint density at radius 3 is 2.60 bits per heavy atom. The number of hydrogen-bond donors (Lipinski definition) is 2. The first kappa shape index (κ1) is 14.1. The maximum absolute atomic E-state index is 10.2. The smallest absolute Gasteiger partial charge is 0.161 e. The molecule has 0 spiro atoms. The molecule has 5 nitrogen and oxygen atoms in total. The maximum atomic E-state index is 10.2. The molecule has 0 aliphatic heterocycles. The molecule has 0 aliphatic rings. The lowest BCUT2D eigenvalue weighted by atomic mass is 10.1. The van der Waals surface area contributed by atoms with Crippen LogP contribution in [0.25, 0.3) is 0 Å². The van der Waals surface area contributed by atoms with E-state index in [1.165, 1.54) is 0 Å². The van der Waals surface area contributed by atoms with Gasteiger partial charge >= 0.3 is 0 Å². The SMILES string of the molecule is COc1ccc(C(O)CNc2ccccn2)cc1OC. The number of nitrogens with zero attached hydrogens (tertiary/aromatic N) is 1. The lowest BCUT2D eigenvalue weighted by Gasteiger charge is -2.15. The van der Waals surface area contributed by atoms with Gasteiger partial charge in [0.1, 0.15) is 5.82 Å². The van der Waals surface area contributed by atoms with Crippen molar-refractivity contribution in [2.24, 2.45) is 0 Å². The third-order valence-electron chi connectivity index (χ3n) is 2.93. The standard InChI is InChI=1S/C15H18N2O3/c1-19-13-7-6-11(9-14(13)20-2)12(18)10-17-15-5-3-4-8-16-15/h3-9,12,18H,10H2,1-2H3,(H,16,17). The van der Waals surface area contributed by atoms with E-state index in [1.54, 1.807) is 32.5 Å². The molecule has 2 rings (SSSR count). The Labute approximate surface area is 118 Å². The molecule has 1 aromatic heterocycles. The van der Waals surface area contributed by atoms with Crippen LogP contribution in [0, 0.1) is 0 Å². The van der Waals surface area contributed by atoms with Crippen LogP contribution in [0.5, 0.6) is 11.5 Å². The highest BCUT2D eigenvalue weighted by atomic mass is 16.5. The van der Waals surface area contributed by atoms with Crippen LogP contribution in [0.3, 0.4) is 0 Å². The van der Waals surface area contributed by atoms with E-state index < -0.39 is 6.10 Å². The van der Waals surface area contributed by atoms with Crippen LogP contribution >= 0.6 is 0 Å². The summed E-state index contributed by atoms with van der Waals surface area (Å²) >= 11 is 0. The van der Waals surface area contributed by atoms with Crippen molar-refractivity contribution >= 4 is 5.82 Å². The summed E-state index contributed by atoms with van der Waals surface area (Å²) in [4.78, 5) is 4.14. The summed E-state index contributed by atoms with van der Waals surface area (Å²) in [6.07, 6.45) is 1.04. The number of hydrogen-bond acceptors (Lipinski definition) is 5. The second-order valence-electron chi connectivity index (χ2n) is 4.23. The Balaban J connectivity index is 2.03.